The highest BCUT2D eigenvalue weighted by molar-refractivity contribution is 5.87. The molecule has 1 aromatic rings. The van der Waals surface area contributed by atoms with Gasteiger partial charge in [-0.2, -0.15) is 4.98 Å². The number of esters is 1. The van der Waals surface area contributed by atoms with E-state index in [0.29, 0.717) is 30.5 Å². The Morgan fingerprint density at radius 1 is 1.25 bits per heavy atom. The van der Waals surface area contributed by atoms with E-state index >= 15 is 0 Å². The number of hydrogen-bond acceptors (Lipinski definition) is 8. The number of anilines is 1. The molecule has 1 aromatic heterocycles. The Morgan fingerprint density at radius 3 is 2.50 bits per heavy atom. The molecular formula is C19H28N4O5. The van der Waals surface area contributed by atoms with Gasteiger partial charge in [-0.3, -0.25) is 0 Å². The highest BCUT2D eigenvalue weighted by Gasteiger charge is 2.27. The molecule has 0 atom stereocenters. The number of piperidine rings is 1. The van der Waals surface area contributed by atoms with Crippen LogP contribution in [0.15, 0.2) is 12.3 Å². The third-order valence-corrected chi connectivity index (χ3v) is 4.05. The van der Waals surface area contributed by atoms with Crippen LogP contribution in [0.4, 0.5) is 10.6 Å². The number of rotatable bonds is 5. The summed E-state index contributed by atoms with van der Waals surface area (Å²) in [6.45, 7) is 6.72. The summed E-state index contributed by atoms with van der Waals surface area (Å²) >= 11 is 0. The molecule has 0 bridgehead atoms. The Labute approximate surface area is 165 Å². The number of methoxy groups -OCH3 is 2. The number of nitrogens with one attached hydrogen (secondary N) is 1. The molecule has 154 valence electrons. The molecule has 0 aromatic carbocycles. The number of nitrogens with zero attached hydrogens (tertiary/aromatic N) is 3. The Morgan fingerprint density at radius 2 is 1.93 bits per heavy atom. The Hall–Kier alpha value is -2.84. The molecule has 0 spiro atoms. The van der Waals surface area contributed by atoms with Crippen molar-refractivity contribution in [1.29, 1.82) is 0 Å². The quantitative estimate of drug-likeness (QED) is 0.602. The minimum absolute atomic E-state index is 0.102. The number of ether oxygens (including phenoxy) is 3. The second-order valence-electron chi connectivity index (χ2n) is 7.39. The first-order valence-electron chi connectivity index (χ1n) is 9.13. The normalized spacial score (nSPS) is 15.4. The van der Waals surface area contributed by atoms with E-state index in [9.17, 15) is 9.59 Å². The van der Waals surface area contributed by atoms with E-state index in [2.05, 4.69) is 20.0 Å². The number of carbonyl (C=O) groups excluding carboxylic acids is 2. The fourth-order valence-electron chi connectivity index (χ4n) is 2.65. The molecule has 0 radical (unpaired) electrons. The predicted octanol–water partition coefficient (Wildman–Crippen LogP) is 2.48. The summed E-state index contributed by atoms with van der Waals surface area (Å²) < 4.78 is 15.2. The minimum atomic E-state index is -0.511. The summed E-state index contributed by atoms with van der Waals surface area (Å²) in [4.78, 5) is 33.9. The van der Waals surface area contributed by atoms with Crippen LogP contribution in [0, 0.1) is 0 Å². The van der Waals surface area contributed by atoms with E-state index in [0.717, 1.165) is 12.8 Å². The van der Waals surface area contributed by atoms with E-state index < -0.39 is 11.6 Å². The van der Waals surface area contributed by atoms with Crippen LogP contribution in [0.5, 0.6) is 5.88 Å². The van der Waals surface area contributed by atoms with Crippen LogP contribution >= 0.6 is 0 Å². The van der Waals surface area contributed by atoms with Crippen molar-refractivity contribution < 1.29 is 23.8 Å². The lowest BCUT2D eigenvalue weighted by atomic mass is 10.1. The van der Waals surface area contributed by atoms with Gasteiger partial charge in [0.25, 0.3) is 0 Å². The third kappa shape index (κ3) is 6.40. The van der Waals surface area contributed by atoms with Crippen molar-refractivity contribution in [3.63, 3.8) is 0 Å². The molecule has 1 amide bonds. The highest BCUT2D eigenvalue weighted by Crippen LogP contribution is 2.22. The maximum Gasteiger partial charge on any atom is 0.410 e. The molecular weight excluding hydrogens is 364 g/mol. The molecule has 0 unspecified atom stereocenters. The van der Waals surface area contributed by atoms with E-state index in [4.69, 9.17) is 9.47 Å². The average Bonchev–Trinajstić information content (AvgIpc) is 2.65. The fraction of sp³-hybridized carbons (Fsp3) is 0.579. The van der Waals surface area contributed by atoms with Crippen molar-refractivity contribution in [2.75, 3.05) is 32.6 Å². The second kappa shape index (κ2) is 9.38. The van der Waals surface area contributed by atoms with Gasteiger partial charge in [0.1, 0.15) is 11.3 Å². The maximum atomic E-state index is 12.2. The van der Waals surface area contributed by atoms with E-state index in [1.807, 2.05) is 20.8 Å². The van der Waals surface area contributed by atoms with Gasteiger partial charge in [-0.05, 0) is 39.7 Å². The summed E-state index contributed by atoms with van der Waals surface area (Å²) in [6.07, 6.45) is 5.47. The molecule has 1 aliphatic rings. The summed E-state index contributed by atoms with van der Waals surface area (Å²) in [5.74, 6) is 0.397. The highest BCUT2D eigenvalue weighted by atomic mass is 16.6. The standard InChI is InChI=1S/C19H28N4O5/c1-19(2,3)28-18(25)23-10-8-13(9-11-23)21-17-14(6-7-16(24)27-5)20-12-15(22-17)26-4/h6-7,12-13H,8-11H2,1-5H3,(H,21,22)/b7-6+. The molecule has 0 aliphatic carbocycles. The largest absolute Gasteiger partial charge is 0.480 e. The van der Waals surface area contributed by atoms with Crippen molar-refractivity contribution >= 4 is 24.0 Å². The molecule has 1 aliphatic heterocycles. The summed E-state index contributed by atoms with van der Waals surface area (Å²) in [6, 6.07) is 0.102. The van der Waals surface area contributed by atoms with Crippen molar-refractivity contribution in [3.8, 4) is 5.88 Å². The number of amides is 1. The number of hydrogen-bond donors (Lipinski definition) is 1. The van der Waals surface area contributed by atoms with Crippen molar-refractivity contribution in [1.82, 2.24) is 14.9 Å². The first-order chi connectivity index (χ1) is 13.2. The van der Waals surface area contributed by atoms with Crippen molar-refractivity contribution in [2.24, 2.45) is 0 Å². The second-order valence-corrected chi connectivity index (χ2v) is 7.39. The fourth-order valence-corrected chi connectivity index (χ4v) is 2.65. The van der Waals surface area contributed by atoms with Crippen LogP contribution in [0.1, 0.15) is 39.3 Å². The molecule has 9 heteroatoms. The summed E-state index contributed by atoms with van der Waals surface area (Å²) in [5, 5.41) is 3.34. The molecule has 0 saturated carbocycles. The van der Waals surface area contributed by atoms with Gasteiger partial charge < -0.3 is 24.4 Å². The van der Waals surface area contributed by atoms with E-state index in [1.54, 1.807) is 4.90 Å². The smallest absolute Gasteiger partial charge is 0.410 e. The minimum Gasteiger partial charge on any atom is -0.480 e. The van der Waals surface area contributed by atoms with Gasteiger partial charge in [-0.25, -0.2) is 14.6 Å². The van der Waals surface area contributed by atoms with Gasteiger partial charge in [-0.1, -0.05) is 0 Å². The zero-order valence-electron chi connectivity index (χ0n) is 17.0. The molecule has 9 nitrogen and oxygen atoms in total. The van der Waals surface area contributed by atoms with Gasteiger partial charge >= 0.3 is 12.1 Å². The van der Waals surface area contributed by atoms with Gasteiger partial charge in [-0.15, -0.1) is 0 Å². The molecule has 2 rings (SSSR count). The molecule has 1 fully saturated rings. The number of carbonyl (C=O) groups is 2. The van der Waals surface area contributed by atoms with Gasteiger partial charge in [0, 0.05) is 25.2 Å². The lowest BCUT2D eigenvalue weighted by Gasteiger charge is -2.34. The van der Waals surface area contributed by atoms with E-state index in [1.165, 1.54) is 32.6 Å². The third-order valence-electron chi connectivity index (χ3n) is 4.05. The Bertz CT molecular complexity index is 722. The summed E-state index contributed by atoms with van der Waals surface area (Å²) in [5.41, 5.74) is -0.00996. The number of likely N-dealkylation sites (tertiary alicyclic amines) is 1. The maximum absolute atomic E-state index is 12.2. The first kappa shape index (κ1) is 21.5. The first-order valence-corrected chi connectivity index (χ1v) is 9.13. The van der Waals surface area contributed by atoms with Crippen LogP contribution < -0.4 is 10.1 Å². The zero-order valence-corrected chi connectivity index (χ0v) is 17.0. The van der Waals surface area contributed by atoms with Crippen LogP contribution in [0.25, 0.3) is 6.08 Å². The van der Waals surface area contributed by atoms with Crippen LogP contribution in [-0.4, -0.2) is 65.9 Å². The topological polar surface area (TPSA) is 103 Å². The molecule has 1 N–H and O–H groups in total. The number of aromatic nitrogens is 2. The molecule has 2 heterocycles. The van der Waals surface area contributed by atoms with Crippen molar-refractivity contribution in [3.05, 3.63) is 18.0 Å². The lowest BCUT2D eigenvalue weighted by Crippen LogP contribution is -2.44. The lowest BCUT2D eigenvalue weighted by molar-refractivity contribution is -0.134. The Balaban J connectivity index is 2.02. The predicted molar refractivity (Wildman–Crippen MR) is 104 cm³/mol. The van der Waals surface area contributed by atoms with Crippen LogP contribution in [0.3, 0.4) is 0 Å². The average molecular weight is 392 g/mol. The van der Waals surface area contributed by atoms with E-state index in [-0.39, 0.29) is 12.1 Å². The van der Waals surface area contributed by atoms with Gasteiger partial charge in [0.15, 0.2) is 5.82 Å². The molecule has 28 heavy (non-hydrogen) atoms. The Kier molecular flexibility index (Phi) is 7.19. The zero-order chi connectivity index (χ0) is 20.7. The van der Waals surface area contributed by atoms with Gasteiger partial charge in [0.2, 0.25) is 5.88 Å². The van der Waals surface area contributed by atoms with Crippen LogP contribution in [0.2, 0.25) is 0 Å². The SMILES string of the molecule is COC(=O)/C=C/c1ncc(OC)nc1NC1CCN(C(=O)OC(C)(C)C)CC1. The van der Waals surface area contributed by atoms with Gasteiger partial charge in [0.05, 0.1) is 20.4 Å². The van der Waals surface area contributed by atoms with Crippen LogP contribution in [-0.2, 0) is 14.3 Å². The van der Waals surface area contributed by atoms with Crippen molar-refractivity contribution in [2.45, 2.75) is 45.3 Å². The monoisotopic (exact) mass is 392 g/mol. The molecule has 1 saturated heterocycles. The summed E-state index contributed by atoms with van der Waals surface area (Å²) in [7, 11) is 2.82.